The fourth-order valence-corrected chi connectivity index (χ4v) is 10.5. The largest absolute Gasteiger partial charge is 0.494 e. The Hall–Kier alpha value is -4.47. The Bertz CT molecular complexity index is 2040. The van der Waals surface area contributed by atoms with Crippen LogP contribution in [0.5, 0.6) is 11.6 Å². The molecular formula is C40H52N6O9S. The lowest BCUT2D eigenvalue weighted by atomic mass is 9.96. The zero-order chi connectivity index (χ0) is 39.4. The summed E-state index contributed by atoms with van der Waals surface area (Å²) in [6.45, 7) is 5.73. The molecule has 16 heteroatoms. The van der Waals surface area contributed by atoms with Gasteiger partial charge in [-0.2, -0.15) is 0 Å². The second-order valence-corrected chi connectivity index (χ2v) is 18.8. The number of methoxy groups -OCH3 is 1. The minimum absolute atomic E-state index is 0.0120. The number of fused-ring (bicyclic) bond motifs is 5. The van der Waals surface area contributed by atoms with Crippen LogP contribution in [0, 0.1) is 17.8 Å². The van der Waals surface area contributed by atoms with E-state index in [9.17, 15) is 27.6 Å². The van der Waals surface area contributed by atoms with Gasteiger partial charge in [0.1, 0.15) is 46.3 Å². The van der Waals surface area contributed by atoms with Crippen LogP contribution in [-0.2, 0) is 35.6 Å². The van der Waals surface area contributed by atoms with E-state index in [1.807, 2.05) is 19.1 Å². The summed E-state index contributed by atoms with van der Waals surface area (Å²) in [4.78, 5) is 67.7. The molecule has 4 aliphatic carbocycles. The molecule has 8 rings (SSSR count). The van der Waals surface area contributed by atoms with Crippen LogP contribution >= 0.6 is 0 Å². The molecule has 7 atom stereocenters. The van der Waals surface area contributed by atoms with E-state index in [0.29, 0.717) is 47.6 Å². The molecule has 0 unspecified atom stereocenters. The van der Waals surface area contributed by atoms with Crippen LogP contribution in [0.2, 0.25) is 0 Å². The monoisotopic (exact) mass is 792 g/mol. The first-order valence-corrected chi connectivity index (χ1v) is 21.7. The maximum atomic E-state index is 14.8. The number of hydrogen-bond acceptors (Lipinski definition) is 11. The molecule has 56 heavy (non-hydrogen) atoms. The molecule has 3 N–H and O–H groups in total. The van der Waals surface area contributed by atoms with E-state index in [2.05, 4.69) is 21.9 Å². The quantitative estimate of drug-likeness (QED) is 0.329. The van der Waals surface area contributed by atoms with Gasteiger partial charge >= 0.3 is 6.09 Å². The highest BCUT2D eigenvalue weighted by Gasteiger charge is 2.62. The molecule has 1 aromatic carbocycles. The third kappa shape index (κ3) is 7.52. The van der Waals surface area contributed by atoms with Crippen LogP contribution in [0.15, 0.2) is 30.9 Å². The third-order valence-corrected chi connectivity index (χ3v) is 14.7. The number of carbonyl (C=O) groups is 4. The number of aromatic nitrogens is 2. The second-order valence-electron chi connectivity index (χ2n) is 16.8. The van der Waals surface area contributed by atoms with E-state index < -0.39 is 74.3 Å². The summed E-state index contributed by atoms with van der Waals surface area (Å²) in [5, 5.41) is 5.13. The highest BCUT2D eigenvalue weighted by atomic mass is 32.2. The fourth-order valence-electron chi connectivity index (χ4n) is 9.09. The molecule has 2 bridgehead atoms. The average molecular weight is 793 g/mol. The van der Waals surface area contributed by atoms with Gasteiger partial charge in [-0.05, 0) is 82.8 Å². The van der Waals surface area contributed by atoms with E-state index in [1.54, 1.807) is 13.2 Å². The van der Waals surface area contributed by atoms with Gasteiger partial charge in [0.05, 0.1) is 24.4 Å². The number of nitrogens with one attached hydrogen (secondary N) is 3. The van der Waals surface area contributed by atoms with Crippen molar-refractivity contribution in [3.63, 3.8) is 0 Å². The van der Waals surface area contributed by atoms with Crippen molar-refractivity contribution >= 4 is 44.9 Å². The Morgan fingerprint density at radius 3 is 2.54 bits per heavy atom. The van der Waals surface area contributed by atoms with Gasteiger partial charge < -0.3 is 29.7 Å². The number of rotatable bonds is 8. The summed E-state index contributed by atoms with van der Waals surface area (Å²) in [5.74, 6) is -1.55. The number of sulfonamides is 1. The SMILES string of the molecule is C=C[C@@H]1C[C@]1(NC(=O)[C@@H]1C[C@@H]2CN1C(=O)[C@H](C1CCCC1)NC(=O)O[C@]1(C)C[C@H]1CCCCCc1nc3cccc(OC)c3nc1O2)C(=O)NS(=O)(=O)C1CC1. The minimum atomic E-state index is -3.90. The number of carbonyl (C=O) groups excluding carboxylic acids is 4. The van der Waals surface area contributed by atoms with Gasteiger partial charge in [-0.1, -0.05) is 37.8 Å². The average Bonchev–Trinajstić information content (AvgIpc) is 4.12. The predicted molar refractivity (Wildman–Crippen MR) is 204 cm³/mol. The highest BCUT2D eigenvalue weighted by molar-refractivity contribution is 7.91. The van der Waals surface area contributed by atoms with Crippen molar-refractivity contribution in [2.75, 3.05) is 13.7 Å². The van der Waals surface area contributed by atoms with Gasteiger partial charge in [0, 0.05) is 18.3 Å². The zero-order valence-corrected chi connectivity index (χ0v) is 32.9. The van der Waals surface area contributed by atoms with E-state index in [1.165, 1.54) is 11.0 Å². The molecule has 302 valence electrons. The lowest BCUT2D eigenvalue weighted by molar-refractivity contribution is -0.142. The molecular weight excluding hydrogens is 741 g/mol. The van der Waals surface area contributed by atoms with Crippen LogP contribution in [0.3, 0.4) is 0 Å². The first kappa shape index (κ1) is 38.4. The van der Waals surface area contributed by atoms with E-state index in [4.69, 9.17) is 24.2 Å². The normalized spacial score (nSPS) is 32.4. The van der Waals surface area contributed by atoms with Crippen LogP contribution in [0.4, 0.5) is 4.79 Å². The van der Waals surface area contributed by atoms with Gasteiger partial charge in [0.25, 0.3) is 5.91 Å². The molecule has 0 spiro atoms. The first-order valence-electron chi connectivity index (χ1n) is 20.1. The van der Waals surface area contributed by atoms with Crippen LogP contribution in [-0.4, -0.2) is 95.3 Å². The number of benzene rings is 1. The summed E-state index contributed by atoms with van der Waals surface area (Å²) in [6, 6.07) is 3.44. The Labute approximate surface area is 327 Å². The predicted octanol–water partition coefficient (Wildman–Crippen LogP) is 3.84. The maximum absolute atomic E-state index is 14.8. The number of ether oxygens (including phenoxy) is 3. The zero-order valence-electron chi connectivity index (χ0n) is 32.1. The molecule has 5 fully saturated rings. The van der Waals surface area contributed by atoms with Gasteiger partial charge in [0.2, 0.25) is 27.7 Å². The number of hydrogen-bond donors (Lipinski definition) is 3. The molecule has 2 aromatic rings. The van der Waals surface area contributed by atoms with Crippen molar-refractivity contribution < 1.29 is 41.8 Å². The molecule has 2 aliphatic heterocycles. The summed E-state index contributed by atoms with van der Waals surface area (Å²) in [6.07, 6.45) is 9.46. The van der Waals surface area contributed by atoms with Crippen molar-refractivity contribution in [3.05, 3.63) is 36.5 Å². The molecule has 6 aliphatic rings. The van der Waals surface area contributed by atoms with Crippen molar-refractivity contribution in [2.45, 2.75) is 131 Å². The van der Waals surface area contributed by atoms with Crippen LogP contribution in [0.25, 0.3) is 11.0 Å². The van der Waals surface area contributed by atoms with Gasteiger partial charge in [-0.15, -0.1) is 6.58 Å². The molecule has 15 nitrogen and oxygen atoms in total. The Morgan fingerprint density at radius 1 is 1.05 bits per heavy atom. The number of para-hydroxylation sites is 1. The fraction of sp³-hybridized carbons (Fsp3) is 0.650. The van der Waals surface area contributed by atoms with Gasteiger partial charge in [-0.25, -0.2) is 23.2 Å². The lowest BCUT2D eigenvalue weighted by Gasteiger charge is -2.32. The third-order valence-electron chi connectivity index (χ3n) is 12.8. The molecule has 1 aromatic heterocycles. The Morgan fingerprint density at radius 2 is 1.82 bits per heavy atom. The number of amides is 4. The lowest BCUT2D eigenvalue weighted by Crippen LogP contribution is -2.59. The Kier molecular flexibility index (Phi) is 10.1. The van der Waals surface area contributed by atoms with E-state index >= 15 is 0 Å². The minimum Gasteiger partial charge on any atom is -0.494 e. The van der Waals surface area contributed by atoms with Crippen LogP contribution < -0.4 is 24.8 Å². The molecule has 3 heterocycles. The van der Waals surface area contributed by atoms with Gasteiger partial charge in [-0.3, -0.25) is 19.1 Å². The van der Waals surface area contributed by atoms with E-state index in [-0.39, 0.29) is 31.2 Å². The number of nitrogens with zero attached hydrogens (tertiary/aromatic N) is 3. The van der Waals surface area contributed by atoms with Gasteiger partial charge in [0.15, 0.2) is 0 Å². The highest BCUT2D eigenvalue weighted by Crippen LogP contribution is 2.50. The molecule has 4 amide bonds. The smallest absolute Gasteiger partial charge is 0.408 e. The van der Waals surface area contributed by atoms with Crippen molar-refractivity contribution in [3.8, 4) is 11.6 Å². The van der Waals surface area contributed by atoms with Crippen LogP contribution in [0.1, 0.15) is 96.1 Å². The molecule has 0 radical (unpaired) electrons. The Balaban J connectivity index is 1.13. The maximum Gasteiger partial charge on any atom is 0.408 e. The number of aryl methyl sites for hydroxylation is 1. The van der Waals surface area contributed by atoms with Crippen molar-refractivity contribution in [2.24, 2.45) is 17.8 Å². The second kappa shape index (κ2) is 14.8. The summed E-state index contributed by atoms with van der Waals surface area (Å²) in [5.41, 5.74) is -0.322. The first-order chi connectivity index (χ1) is 26.8. The summed E-state index contributed by atoms with van der Waals surface area (Å²) >= 11 is 0. The topological polar surface area (TPSA) is 195 Å². The van der Waals surface area contributed by atoms with Crippen molar-refractivity contribution in [1.82, 2.24) is 30.2 Å². The summed E-state index contributed by atoms with van der Waals surface area (Å²) < 4.78 is 46.0. The number of alkyl carbamates (subject to hydrolysis) is 1. The molecule has 4 saturated carbocycles. The van der Waals surface area contributed by atoms with E-state index in [0.717, 1.165) is 57.8 Å². The molecule has 1 saturated heterocycles. The summed E-state index contributed by atoms with van der Waals surface area (Å²) in [7, 11) is -2.34. The standard InChI is InChI=1S/C40H52N6O9S/c1-4-24-21-40(24,37(49)45-56(51,52)27-17-18-27)44-34(47)30-19-26-22-46(30)36(48)32(23-11-8-9-12-23)43-38(50)55-39(2)20-25(39)13-6-5-7-14-29-35(54-26)42-33-28(41-29)15-10-16-31(33)53-3/h4,10,15-16,23-27,30,32H,1,5-9,11-14,17-22H2,2-3H3,(H,43,50)(H,44,47)(H,45,49)/t24-,25-,26-,30+,32+,39-,40-/m1/s1. The van der Waals surface area contributed by atoms with Crippen molar-refractivity contribution in [1.29, 1.82) is 0 Å².